The topological polar surface area (TPSA) is 71.0 Å². The summed E-state index contributed by atoms with van der Waals surface area (Å²) in [6.45, 7) is 6.27. The number of carbonyl (C=O) groups is 2. The molecule has 0 unspecified atom stereocenters. The summed E-state index contributed by atoms with van der Waals surface area (Å²) >= 11 is 1.55. The Morgan fingerprint density at radius 3 is 2.62 bits per heavy atom. The Labute approximate surface area is 129 Å². The molecule has 2 rings (SSSR count). The van der Waals surface area contributed by atoms with Crippen LogP contribution in [0.25, 0.3) is 0 Å². The van der Waals surface area contributed by atoms with Gasteiger partial charge in [0.25, 0.3) is 0 Å². The molecule has 0 aromatic carbocycles. The van der Waals surface area contributed by atoms with Gasteiger partial charge >= 0.3 is 0 Å². The molecular weight excluding hydrogens is 290 g/mol. The van der Waals surface area contributed by atoms with E-state index in [0.29, 0.717) is 6.54 Å². The van der Waals surface area contributed by atoms with Crippen molar-refractivity contribution in [2.45, 2.75) is 31.4 Å². The number of aliphatic imine (C=N–C) groups is 1. The Bertz CT molecular complexity index is 418. The number of nitrogens with zero attached hydrogens (tertiary/aromatic N) is 2. The highest BCUT2D eigenvalue weighted by Crippen LogP contribution is 2.41. The smallest absolute Gasteiger partial charge is 0.161 e. The molecule has 1 saturated heterocycles. The van der Waals surface area contributed by atoms with Gasteiger partial charge in [0.2, 0.25) is 0 Å². The number of rotatable bonds is 6. The van der Waals surface area contributed by atoms with E-state index in [9.17, 15) is 9.59 Å². The maximum Gasteiger partial charge on any atom is 0.161 e. The fourth-order valence-corrected chi connectivity index (χ4v) is 3.93. The summed E-state index contributed by atoms with van der Waals surface area (Å²) in [5.74, 6) is -0.835. The molecule has 118 valence electrons. The van der Waals surface area contributed by atoms with Gasteiger partial charge in [-0.2, -0.15) is 0 Å². The minimum absolute atomic E-state index is 0.177. The van der Waals surface area contributed by atoms with E-state index in [-0.39, 0.29) is 17.6 Å². The maximum atomic E-state index is 11.5. The molecule has 21 heavy (non-hydrogen) atoms. The molecule has 0 radical (unpaired) electrons. The third kappa shape index (κ3) is 3.30. The van der Waals surface area contributed by atoms with Crippen molar-refractivity contribution in [3.05, 3.63) is 0 Å². The molecule has 0 aromatic rings. The van der Waals surface area contributed by atoms with Crippen molar-refractivity contribution in [1.82, 2.24) is 10.2 Å². The Morgan fingerprint density at radius 1 is 1.33 bits per heavy atom. The number of likely N-dealkylation sites (N-methyl/N-ethyl adjacent to an activating group) is 1. The Hall–Kier alpha value is -0.920. The maximum absolute atomic E-state index is 11.5. The normalized spacial score (nSPS) is 35.0. The summed E-state index contributed by atoms with van der Waals surface area (Å²) in [4.78, 5) is 29.6. The van der Waals surface area contributed by atoms with Crippen molar-refractivity contribution in [3.8, 4) is 0 Å². The fraction of sp³-hybridized carbons (Fsp3) is 0.786. The number of aldehydes is 2. The van der Waals surface area contributed by atoms with Gasteiger partial charge in [-0.3, -0.25) is 4.99 Å². The average molecular weight is 313 g/mol. The molecule has 0 bridgehead atoms. The van der Waals surface area contributed by atoms with Crippen LogP contribution >= 0.6 is 11.8 Å². The predicted molar refractivity (Wildman–Crippen MR) is 83.4 cm³/mol. The molecule has 2 heterocycles. The van der Waals surface area contributed by atoms with Gasteiger partial charge in [0.15, 0.2) is 5.17 Å². The first-order chi connectivity index (χ1) is 10.2. The molecule has 2 aliphatic heterocycles. The fourth-order valence-electron chi connectivity index (χ4n) is 2.65. The van der Waals surface area contributed by atoms with E-state index in [1.807, 2.05) is 25.8 Å². The number of hydrogen-bond donors (Lipinski definition) is 1. The minimum Gasteiger partial charge on any atom is -0.360 e. The SMILES string of the molecule is CCNC[C@@H]1O[C@@H]2SC(N(C)CC)=N[C@@H]2[C@H](C=O)[C@@H]1C=O. The highest BCUT2D eigenvalue weighted by molar-refractivity contribution is 8.14. The van der Waals surface area contributed by atoms with E-state index in [0.717, 1.165) is 30.8 Å². The lowest BCUT2D eigenvalue weighted by Gasteiger charge is -2.38. The molecule has 0 aliphatic carbocycles. The molecule has 7 heteroatoms. The van der Waals surface area contributed by atoms with Crippen LogP contribution in [0.3, 0.4) is 0 Å². The van der Waals surface area contributed by atoms with Gasteiger partial charge in [-0.1, -0.05) is 18.7 Å². The van der Waals surface area contributed by atoms with Crippen LogP contribution in [0.5, 0.6) is 0 Å². The molecule has 2 aliphatic rings. The van der Waals surface area contributed by atoms with Gasteiger partial charge in [-0.05, 0) is 13.5 Å². The lowest BCUT2D eigenvalue weighted by molar-refractivity contribution is -0.137. The number of fused-ring (bicyclic) bond motifs is 1. The van der Waals surface area contributed by atoms with Crippen LogP contribution in [0.4, 0.5) is 0 Å². The van der Waals surface area contributed by atoms with Gasteiger partial charge in [0.05, 0.1) is 24.0 Å². The second-order valence-corrected chi connectivity index (χ2v) is 6.38. The first-order valence-corrected chi connectivity index (χ1v) is 8.26. The summed E-state index contributed by atoms with van der Waals surface area (Å²) in [7, 11) is 1.96. The van der Waals surface area contributed by atoms with Crippen molar-refractivity contribution in [1.29, 1.82) is 0 Å². The van der Waals surface area contributed by atoms with Crippen molar-refractivity contribution >= 4 is 29.5 Å². The zero-order chi connectivity index (χ0) is 15.4. The minimum atomic E-state index is -0.432. The van der Waals surface area contributed by atoms with Crippen molar-refractivity contribution in [2.75, 3.05) is 26.7 Å². The highest BCUT2D eigenvalue weighted by Gasteiger charge is 2.49. The molecule has 0 spiro atoms. The largest absolute Gasteiger partial charge is 0.360 e. The molecule has 5 atom stereocenters. The first-order valence-electron chi connectivity index (χ1n) is 7.38. The van der Waals surface area contributed by atoms with Crippen molar-refractivity contribution in [3.63, 3.8) is 0 Å². The second kappa shape index (κ2) is 7.38. The third-order valence-electron chi connectivity index (χ3n) is 4.05. The molecular formula is C14H23N3O3S. The van der Waals surface area contributed by atoms with E-state index in [1.165, 1.54) is 0 Å². The highest BCUT2D eigenvalue weighted by atomic mass is 32.2. The van der Waals surface area contributed by atoms with Gasteiger partial charge in [0, 0.05) is 20.1 Å². The molecule has 1 fully saturated rings. The summed E-state index contributed by atoms with van der Waals surface area (Å²) in [5, 5.41) is 4.08. The number of amidine groups is 1. The van der Waals surface area contributed by atoms with Crippen LogP contribution in [0.2, 0.25) is 0 Å². The number of thioether (sulfide) groups is 1. The van der Waals surface area contributed by atoms with E-state index in [4.69, 9.17) is 4.74 Å². The van der Waals surface area contributed by atoms with E-state index < -0.39 is 11.8 Å². The van der Waals surface area contributed by atoms with Crippen LogP contribution in [0, 0.1) is 11.8 Å². The first kappa shape index (κ1) is 16.5. The quantitative estimate of drug-likeness (QED) is 0.715. The number of ether oxygens (including phenoxy) is 1. The zero-order valence-corrected chi connectivity index (χ0v) is 13.5. The summed E-state index contributed by atoms with van der Waals surface area (Å²) in [6, 6.07) is -0.260. The monoisotopic (exact) mass is 313 g/mol. The van der Waals surface area contributed by atoms with Crippen LogP contribution in [-0.4, -0.2) is 66.9 Å². The summed E-state index contributed by atoms with van der Waals surface area (Å²) in [6.07, 6.45) is 1.45. The number of nitrogens with one attached hydrogen (secondary N) is 1. The number of hydrogen-bond acceptors (Lipinski definition) is 7. The lowest BCUT2D eigenvalue weighted by atomic mass is 9.82. The van der Waals surface area contributed by atoms with Crippen LogP contribution in [0.15, 0.2) is 4.99 Å². The molecule has 0 amide bonds. The Kier molecular flexibility index (Phi) is 5.78. The molecule has 6 nitrogen and oxygen atoms in total. The average Bonchev–Trinajstić information content (AvgIpc) is 2.93. The Balaban J connectivity index is 2.18. The van der Waals surface area contributed by atoms with Crippen molar-refractivity contribution in [2.24, 2.45) is 16.8 Å². The molecule has 0 aromatic heterocycles. The number of carbonyl (C=O) groups excluding carboxylic acids is 2. The standard InChI is InChI=1S/C14H23N3O3S/c1-4-15-6-11-9(7-18)10(8-19)12-13(20-11)21-14(16-12)17(3)5-2/h7-13,15H,4-6H2,1-3H3/t9-,10+,11-,12+,13+/m0/s1. The van der Waals surface area contributed by atoms with E-state index in [2.05, 4.69) is 10.3 Å². The molecule has 0 saturated carbocycles. The predicted octanol–water partition coefficient (Wildman–Crippen LogP) is 0.374. The van der Waals surface area contributed by atoms with E-state index >= 15 is 0 Å². The van der Waals surface area contributed by atoms with Gasteiger partial charge < -0.3 is 24.5 Å². The van der Waals surface area contributed by atoms with Crippen LogP contribution < -0.4 is 5.32 Å². The van der Waals surface area contributed by atoms with Crippen LogP contribution in [-0.2, 0) is 14.3 Å². The van der Waals surface area contributed by atoms with Crippen molar-refractivity contribution < 1.29 is 14.3 Å². The van der Waals surface area contributed by atoms with Gasteiger partial charge in [0.1, 0.15) is 18.0 Å². The third-order valence-corrected chi connectivity index (χ3v) is 5.30. The zero-order valence-electron chi connectivity index (χ0n) is 12.7. The summed E-state index contributed by atoms with van der Waals surface area (Å²) < 4.78 is 6.04. The lowest BCUT2D eigenvalue weighted by Crippen LogP contribution is -2.52. The summed E-state index contributed by atoms with van der Waals surface area (Å²) in [5.41, 5.74) is -0.177. The Morgan fingerprint density at radius 2 is 2.05 bits per heavy atom. The van der Waals surface area contributed by atoms with Crippen LogP contribution in [0.1, 0.15) is 13.8 Å². The molecule has 1 N–H and O–H groups in total. The van der Waals surface area contributed by atoms with E-state index in [1.54, 1.807) is 11.8 Å². The van der Waals surface area contributed by atoms with Gasteiger partial charge in [-0.25, -0.2) is 0 Å². The van der Waals surface area contributed by atoms with Gasteiger partial charge in [-0.15, -0.1) is 0 Å². The second-order valence-electron chi connectivity index (χ2n) is 5.31.